The maximum absolute atomic E-state index is 11.8. The molecule has 0 heterocycles. The first kappa shape index (κ1) is 14.1. The van der Waals surface area contributed by atoms with Gasteiger partial charge in [-0.25, -0.2) is 0 Å². The highest BCUT2D eigenvalue weighted by Crippen LogP contribution is 2.33. The van der Waals surface area contributed by atoms with Crippen molar-refractivity contribution in [2.24, 2.45) is 0 Å². The molecule has 1 unspecified atom stereocenters. The molecule has 0 aliphatic carbocycles. The first-order chi connectivity index (χ1) is 9.11. The van der Waals surface area contributed by atoms with E-state index in [1.54, 1.807) is 11.8 Å². The Labute approximate surface area is 118 Å². The summed E-state index contributed by atoms with van der Waals surface area (Å²) in [7, 11) is -0.467. The van der Waals surface area contributed by atoms with Crippen molar-refractivity contribution in [3.8, 4) is 0 Å². The zero-order valence-corrected chi connectivity index (χ0v) is 12.5. The fourth-order valence-electron chi connectivity index (χ4n) is 1.68. The number of aryl methyl sites for hydroxylation is 1. The quantitative estimate of drug-likeness (QED) is 0.689. The first-order valence-electron chi connectivity index (χ1n) is 5.76. The lowest BCUT2D eigenvalue weighted by Gasteiger charge is -2.06. The van der Waals surface area contributed by atoms with Gasteiger partial charge in [-0.05, 0) is 35.3 Å². The lowest BCUT2D eigenvalue weighted by Crippen LogP contribution is -2.07. The largest absolute Gasteiger partial charge is 0.550 e. The predicted octanol–water partition coefficient (Wildman–Crippen LogP) is 3.74. The van der Waals surface area contributed by atoms with Gasteiger partial charge in [-0.2, -0.15) is 0 Å². The van der Waals surface area contributed by atoms with Gasteiger partial charge in [0.2, 0.25) is 5.30 Å². The minimum Gasteiger partial charge on any atom is -0.395 e. The summed E-state index contributed by atoms with van der Waals surface area (Å²) in [6.45, 7) is 1.99. The van der Waals surface area contributed by atoms with Crippen LogP contribution < -0.4 is 11.0 Å². The lowest BCUT2D eigenvalue weighted by atomic mass is 10.2. The van der Waals surface area contributed by atoms with Crippen LogP contribution in [0.25, 0.3) is 0 Å². The summed E-state index contributed by atoms with van der Waals surface area (Å²) >= 11 is 1.63. The SMILES string of the molecule is CO[P+](=O)c1cc(Sc2ccccc2)c(C)cc1N. The number of anilines is 1. The number of nitrogen functional groups attached to an aromatic ring is 1. The highest BCUT2D eigenvalue weighted by molar-refractivity contribution is 7.99. The highest BCUT2D eigenvalue weighted by atomic mass is 32.2. The van der Waals surface area contributed by atoms with Crippen LogP contribution in [0.15, 0.2) is 52.3 Å². The molecular formula is C14H15NO2PS+. The Morgan fingerprint density at radius 2 is 1.89 bits per heavy atom. The van der Waals surface area contributed by atoms with E-state index in [0.29, 0.717) is 11.0 Å². The molecule has 0 radical (unpaired) electrons. The van der Waals surface area contributed by atoms with E-state index in [0.717, 1.165) is 15.4 Å². The van der Waals surface area contributed by atoms with Crippen LogP contribution in [-0.2, 0) is 9.09 Å². The van der Waals surface area contributed by atoms with E-state index in [4.69, 9.17) is 10.3 Å². The molecule has 2 N–H and O–H groups in total. The average Bonchev–Trinajstić information content (AvgIpc) is 2.42. The van der Waals surface area contributed by atoms with Gasteiger partial charge in [0.25, 0.3) is 0 Å². The van der Waals surface area contributed by atoms with E-state index in [1.165, 1.54) is 7.11 Å². The molecule has 19 heavy (non-hydrogen) atoms. The minimum absolute atomic E-state index is 0.512. The summed E-state index contributed by atoms with van der Waals surface area (Å²) in [5, 5.41) is 0.557. The number of hydrogen-bond donors (Lipinski definition) is 1. The van der Waals surface area contributed by atoms with Crippen LogP contribution >= 0.6 is 19.8 Å². The van der Waals surface area contributed by atoms with Gasteiger partial charge in [0.1, 0.15) is 0 Å². The van der Waals surface area contributed by atoms with Crippen molar-refractivity contribution in [2.45, 2.75) is 16.7 Å². The molecule has 0 bridgehead atoms. The second kappa shape index (κ2) is 6.20. The van der Waals surface area contributed by atoms with Crippen LogP contribution in [0.1, 0.15) is 5.56 Å². The van der Waals surface area contributed by atoms with E-state index in [1.807, 2.05) is 49.4 Å². The van der Waals surface area contributed by atoms with Crippen LogP contribution in [0.5, 0.6) is 0 Å². The molecule has 98 valence electrons. The molecule has 0 amide bonds. The van der Waals surface area contributed by atoms with E-state index >= 15 is 0 Å². The van der Waals surface area contributed by atoms with Crippen LogP contribution in [-0.4, -0.2) is 7.11 Å². The number of rotatable bonds is 4. The van der Waals surface area contributed by atoms with Crippen molar-refractivity contribution in [3.63, 3.8) is 0 Å². The van der Waals surface area contributed by atoms with Gasteiger partial charge in [0.05, 0.1) is 12.8 Å². The summed E-state index contributed by atoms with van der Waals surface area (Å²) in [4.78, 5) is 2.17. The minimum atomic E-state index is -1.89. The van der Waals surface area contributed by atoms with E-state index < -0.39 is 8.03 Å². The molecule has 2 aromatic carbocycles. The molecule has 0 saturated carbocycles. The third-order valence-corrected chi connectivity index (χ3v) is 4.94. The summed E-state index contributed by atoms with van der Waals surface area (Å²) in [6.07, 6.45) is 0. The van der Waals surface area contributed by atoms with Crippen molar-refractivity contribution < 1.29 is 9.09 Å². The Balaban J connectivity index is 2.38. The molecule has 1 atom stereocenters. The molecule has 0 aromatic heterocycles. The molecule has 5 heteroatoms. The van der Waals surface area contributed by atoms with Gasteiger partial charge < -0.3 is 5.73 Å². The summed E-state index contributed by atoms with van der Waals surface area (Å²) < 4.78 is 16.7. The second-order valence-corrected chi connectivity index (χ2v) is 6.51. The van der Waals surface area contributed by atoms with Crippen LogP contribution in [0, 0.1) is 6.92 Å². The molecule has 2 rings (SSSR count). The number of nitrogens with two attached hydrogens (primary N) is 1. The van der Waals surface area contributed by atoms with E-state index in [2.05, 4.69) is 0 Å². The van der Waals surface area contributed by atoms with Crippen LogP contribution in [0.4, 0.5) is 5.69 Å². The van der Waals surface area contributed by atoms with Gasteiger partial charge in [0.15, 0.2) is 0 Å². The Morgan fingerprint density at radius 3 is 2.53 bits per heavy atom. The van der Waals surface area contributed by atoms with E-state index in [-0.39, 0.29) is 0 Å². The molecular weight excluding hydrogens is 277 g/mol. The summed E-state index contributed by atoms with van der Waals surface area (Å²) in [5.41, 5.74) is 7.46. The number of benzene rings is 2. The Morgan fingerprint density at radius 1 is 1.21 bits per heavy atom. The lowest BCUT2D eigenvalue weighted by molar-refractivity contribution is 0.423. The predicted molar refractivity (Wildman–Crippen MR) is 80.4 cm³/mol. The molecule has 3 nitrogen and oxygen atoms in total. The van der Waals surface area contributed by atoms with Gasteiger partial charge in [-0.3, -0.25) is 0 Å². The van der Waals surface area contributed by atoms with Crippen molar-refractivity contribution in [1.29, 1.82) is 0 Å². The third-order valence-electron chi connectivity index (χ3n) is 2.66. The number of hydrogen-bond acceptors (Lipinski definition) is 4. The van der Waals surface area contributed by atoms with Crippen molar-refractivity contribution in [3.05, 3.63) is 48.0 Å². The summed E-state index contributed by atoms with van der Waals surface area (Å²) in [6, 6.07) is 13.7. The molecule has 0 fully saturated rings. The Hall–Kier alpha value is -1.35. The van der Waals surface area contributed by atoms with E-state index in [9.17, 15) is 4.57 Å². The average molecular weight is 292 g/mol. The van der Waals surface area contributed by atoms with Crippen LogP contribution in [0.3, 0.4) is 0 Å². The van der Waals surface area contributed by atoms with Gasteiger partial charge >= 0.3 is 8.03 Å². The highest BCUT2D eigenvalue weighted by Gasteiger charge is 2.25. The smallest absolute Gasteiger partial charge is 0.395 e. The fraction of sp³-hybridized carbons (Fsp3) is 0.143. The zero-order chi connectivity index (χ0) is 13.8. The van der Waals surface area contributed by atoms with Crippen LogP contribution in [0.2, 0.25) is 0 Å². The van der Waals surface area contributed by atoms with Crippen molar-refractivity contribution in [2.75, 3.05) is 12.8 Å². The fourth-order valence-corrected chi connectivity index (χ4v) is 3.42. The maximum atomic E-state index is 11.8. The Bertz CT molecular complexity index is 602. The molecule has 2 aromatic rings. The first-order valence-corrected chi connectivity index (χ1v) is 7.75. The van der Waals surface area contributed by atoms with Gasteiger partial charge in [0, 0.05) is 15.9 Å². The third kappa shape index (κ3) is 3.35. The molecule has 0 saturated heterocycles. The molecule has 0 aliphatic heterocycles. The standard InChI is InChI=1S/C14H15NO2PS/c1-10-8-12(15)13(18(16)17-2)9-14(10)19-11-6-4-3-5-7-11/h3-9H,15H2,1-2H3/q+1. The Kier molecular flexibility index (Phi) is 4.59. The van der Waals surface area contributed by atoms with Gasteiger partial charge in [-0.15, -0.1) is 4.52 Å². The van der Waals surface area contributed by atoms with Gasteiger partial charge in [-0.1, -0.05) is 30.0 Å². The molecule has 0 spiro atoms. The molecule has 0 aliphatic rings. The maximum Gasteiger partial charge on any atom is 0.550 e. The zero-order valence-electron chi connectivity index (χ0n) is 10.8. The summed E-state index contributed by atoms with van der Waals surface area (Å²) in [5.74, 6) is 0. The second-order valence-electron chi connectivity index (χ2n) is 4.03. The monoisotopic (exact) mass is 292 g/mol. The van der Waals surface area contributed by atoms with Crippen molar-refractivity contribution in [1.82, 2.24) is 0 Å². The van der Waals surface area contributed by atoms with Crippen molar-refractivity contribution >= 4 is 30.8 Å². The normalized spacial score (nSPS) is 11.4. The topological polar surface area (TPSA) is 52.3 Å².